The van der Waals surface area contributed by atoms with Gasteiger partial charge in [0.25, 0.3) is 5.91 Å². The number of hydrogen-bond acceptors (Lipinski definition) is 8. The van der Waals surface area contributed by atoms with Crippen LogP contribution in [0, 0.1) is 5.92 Å². The minimum absolute atomic E-state index is 0.0366. The zero-order valence-electron chi connectivity index (χ0n) is 24.0. The van der Waals surface area contributed by atoms with E-state index in [1.165, 1.54) is 23.5 Å². The first kappa shape index (κ1) is 30.1. The molecule has 0 radical (unpaired) electrons. The van der Waals surface area contributed by atoms with Crippen molar-refractivity contribution in [2.75, 3.05) is 44.2 Å². The Hall–Kier alpha value is -4.33. The zero-order chi connectivity index (χ0) is 30.7. The normalized spacial score (nSPS) is 18.7. The molecular weight excluding hydrogens is 576 g/mol. The number of aliphatic hydroxyl groups excluding tert-OH is 1. The molecule has 13 heteroatoms. The van der Waals surface area contributed by atoms with Gasteiger partial charge in [-0.3, -0.25) is 4.79 Å². The van der Waals surface area contributed by atoms with Gasteiger partial charge in [0.1, 0.15) is 6.10 Å². The number of benzene rings is 3. The molecule has 228 valence electrons. The Balaban J connectivity index is 1.45. The average molecular weight is 611 g/mol. The number of amides is 3. The van der Waals surface area contributed by atoms with Crippen LogP contribution in [0.4, 0.5) is 16.2 Å². The highest BCUT2D eigenvalue weighted by atomic mass is 32.2. The van der Waals surface area contributed by atoms with Crippen LogP contribution >= 0.6 is 0 Å². The Morgan fingerprint density at radius 1 is 1.07 bits per heavy atom. The second-order valence-corrected chi connectivity index (χ2v) is 12.6. The van der Waals surface area contributed by atoms with Crippen molar-refractivity contribution in [1.82, 2.24) is 9.21 Å². The molecule has 0 spiro atoms. The molecule has 3 amide bonds. The Bertz CT molecular complexity index is 1600. The summed E-state index contributed by atoms with van der Waals surface area (Å²) in [6.45, 7) is 3.59. The maximum atomic E-state index is 13.7. The molecule has 0 saturated heterocycles. The maximum Gasteiger partial charge on any atom is 0.323 e. The van der Waals surface area contributed by atoms with Crippen molar-refractivity contribution in [2.24, 2.45) is 5.92 Å². The van der Waals surface area contributed by atoms with E-state index in [2.05, 4.69) is 10.6 Å². The summed E-state index contributed by atoms with van der Waals surface area (Å²) in [5, 5.41) is 15.4. The van der Waals surface area contributed by atoms with Crippen LogP contribution in [0.5, 0.6) is 17.2 Å². The summed E-state index contributed by atoms with van der Waals surface area (Å²) in [6, 6.07) is 16.7. The molecule has 0 bridgehead atoms. The average Bonchev–Trinajstić information content (AvgIpc) is 3.47. The summed E-state index contributed by atoms with van der Waals surface area (Å²) in [5.41, 5.74) is 0.847. The summed E-state index contributed by atoms with van der Waals surface area (Å²) in [7, 11) is -2.37. The molecule has 2 heterocycles. The summed E-state index contributed by atoms with van der Waals surface area (Å²) in [5.74, 6) is 0.442. The van der Waals surface area contributed by atoms with Gasteiger partial charge in [0.05, 0.1) is 35.3 Å². The van der Waals surface area contributed by atoms with Crippen LogP contribution < -0.4 is 24.8 Å². The SMILES string of the molecule is C[C@H](CO)N1C[C@H](C)[C@H](CN(C)S(=O)(=O)c2ccccc2)Oc2c(NC(=O)Nc3ccc4c(c3)OCO4)cccc2C1=O. The number of urea groups is 1. The molecule has 0 aliphatic carbocycles. The van der Waals surface area contributed by atoms with Crippen molar-refractivity contribution in [3.8, 4) is 17.2 Å². The molecule has 3 atom stereocenters. The van der Waals surface area contributed by atoms with E-state index in [-0.39, 0.29) is 60.2 Å². The predicted octanol–water partition coefficient (Wildman–Crippen LogP) is 3.60. The van der Waals surface area contributed by atoms with Crippen molar-refractivity contribution >= 4 is 33.3 Å². The number of carbonyl (C=O) groups is 2. The minimum atomic E-state index is -3.84. The standard InChI is InChI=1S/C30H34N4O8S/c1-19-15-34(20(2)17-35)29(36)23-10-7-11-24(32-30(37)31-21-12-13-25-26(14-21)41-18-40-25)28(23)42-27(19)16-33(3)43(38,39)22-8-5-4-6-9-22/h4-14,19-20,27,35H,15-18H2,1-3H3,(H2,31,32,37)/t19-,20+,27-/m0/s1. The van der Waals surface area contributed by atoms with Gasteiger partial charge in [-0.15, -0.1) is 0 Å². The van der Waals surface area contributed by atoms with Crippen LogP contribution in [0.2, 0.25) is 0 Å². The highest BCUT2D eigenvalue weighted by Gasteiger charge is 2.36. The molecule has 5 rings (SSSR count). The number of hydrogen-bond donors (Lipinski definition) is 3. The molecule has 3 N–H and O–H groups in total. The third-order valence-corrected chi connectivity index (χ3v) is 9.30. The van der Waals surface area contributed by atoms with Crippen molar-refractivity contribution in [1.29, 1.82) is 0 Å². The maximum absolute atomic E-state index is 13.7. The first-order valence-electron chi connectivity index (χ1n) is 13.8. The molecule has 3 aromatic carbocycles. The quantitative estimate of drug-likeness (QED) is 0.351. The number of fused-ring (bicyclic) bond motifs is 2. The van der Waals surface area contributed by atoms with Gasteiger partial charge in [-0.25, -0.2) is 13.2 Å². The molecule has 0 saturated carbocycles. The van der Waals surface area contributed by atoms with Gasteiger partial charge in [0.2, 0.25) is 16.8 Å². The predicted molar refractivity (Wildman–Crippen MR) is 159 cm³/mol. The van der Waals surface area contributed by atoms with Gasteiger partial charge in [0.15, 0.2) is 17.2 Å². The van der Waals surface area contributed by atoms with E-state index >= 15 is 0 Å². The number of sulfonamides is 1. The van der Waals surface area contributed by atoms with Crippen molar-refractivity contribution in [3.63, 3.8) is 0 Å². The molecular formula is C30H34N4O8S. The van der Waals surface area contributed by atoms with Gasteiger partial charge in [-0.05, 0) is 43.3 Å². The topological polar surface area (TPSA) is 147 Å². The molecule has 2 aliphatic rings. The summed E-state index contributed by atoms with van der Waals surface area (Å²) in [6.07, 6.45) is -0.719. The number of likely N-dealkylation sites (N-methyl/N-ethyl adjacent to an activating group) is 1. The van der Waals surface area contributed by atoms with Gasteiger partial charge in [-0.1, -0.05) is 31.2 Å². The van der Waals surface area contributed by atoms with E-state index in [0.717, 1.165) is 0 Å². The van der Waals surface area contributed by atoms with Crippen LogP contribution in [-0.2, 0) is 10.0 Å². The Labute approximate surface area is 250 Å². The third-order valence-electron chi connectivity index (χ3n) is 7.46. The number of rotatable bonds is 8. The fourth-order valence-corrected chi connectivity index (χ4v) is 6.15. The fraction of sp³-hybridized carbons (Fsp3) is 0.333. The number of aliphatic hydroxyl groups is 1. The first-order valence-corrected chi connectivity index (χ1v) is 15.2. The van der Waals surface area contributed by atoms with Crippen LogP contribution in [-0.4, -0.2) is 80.4 Å². The van der Waals surface area contributed by atoms with E-state index in [1.807, 2.05) is 6.92 Å². The highest BCUT2D eigenvalue weighted by Crippen LogP contribution is 2.36. The number of ether oxygens (including phenoxy) is 3. The number of nitrogens with one attached hydrogen (secondary N) is 2. The fourth-order valence-electron chi connectivity index (χ4n) is 4.94. The Kier molecular flexibility index (Phi) is 8.76. The lowest BCUT2D eigenvalue weighted by Crippen LogP contribution is -2.50. The van der Waals surface area contributed by atoms with Gasteiger partial charge in [-0.2, -0.15) is 4.31 Å². The summed E-state index contributed by atoms with van der Waals surface area (Å²) >= 11 is 0. The van der Waals surface area contributed by atoms with E-state index in [0.29, 0.717) is 17.2 Å². The number of anilines is 2. The number of carbonyl (C=O) groups excluding carboxylic acids is 2. The van der Waals surface area contributed by atoms with E-state index < -0.39 is 28.2 Å². The lowest BCUT2D eigenvalue weighted by Gasteiger charge is -2.38. The number of nitrogens with zero attached hydrogens (tertiary/aromatic N) is 2. The highest BCUT2D eigenvalue weighted by molar-refractivity contribution is 7.89. The minimum Gasteiger partial charge on any atom is -0.486 e. The van der Waals surface area contributed by atoms with Gasteiger partial charge >= 0.3 is 6.03 Å². The van der Waals surface area contributed by atoms with E-state index in [4.69, 9.17) is 14.2 Å². The van der Waals surface area contributed by atoms with Gasteiger partial charge in [0, 0.05) is 31.3 Å². The molecule has 43 heavy (non-hydrogen) atoms. The Morgan fingerprint density at radius 3 is 2.56 bits per heavy atom. The second-order valence-electron chi connectivity index (χ2n) is 10.6. The van der Waals surface area contributed by atoms with Crippen molar-refractivity contribution in [2.45, 2.75) is 30.9 Å². The molecule has 3 aromatic rings. The number of para-hydroxylation sites is 1. The van der Waals surface area contributed by atoms with Crippen LogP contribution in [0.25, 0.3) is 0 Å². The molecule has 12 nitrogen and oxygen atoms in total. The molecule has 0 unspecified atom stereocenters. The van der Waals surface area contributed by atoms with Gasteiger partial charge < -0.3 is 34.9 Å². The summed E-state index contributed by atoms with van der Waals surface area (Å²) < 4.78 is 45.0. The third kappa shape index (κ3) is 6.38. The molecule has 0 aromatic heterocycles. The van der Waals surface area contributed by atoms with E-state index in [9.17, 15) is 23.1 Å². The van der Waals surface area contributed by atoms with Crippen LogP contribution in [0.15, 0.2) is 71.6 Å². The van der Waals surface area contributed by atoms with Crippen molar-refractivity contribution < 1.29 is 37.3 Å². The lowest BCUT2D eigenvalue weighted by atomic mass is 9.99. The largest absolute Gasteiger partial charge is 0.486 e. The first-order chi connectivity index (χ1) is 20.6. The monoisotopic (exact) mass is 610 g/mol. The molecule has 2 aliphatic heterocycles. The zero-order valence-corrected chi connectivity index (χ0v) is 24.8. The lowest BCUT2D eigenvalue weighted by molar-refractivity contribution is 0.0389. The second kappa shape index (κ2) is 12.5. The molecule has 0 fully saturated rings. The van der Waals surface area contributed by atoms with Crippen LogP contribution in [0.1, 0.15) is 24.2 Å². The summed E-state index contributed by atoms with van der Waals surface area (Å²) in [4.78, 5) is 28.5. The Morgan fingerprint density at radius 2 is 1.81 bits per heavy atom. The smallest absolute Gasteiger partial charge is 0.323 e. The van der Waals surface area contributed by atoms with Crippen molar-refractivity contribution in [3.05, 3.63) is 72.3 Å². The van der Waals surface area contributed by atoms with Crippen LogP contribution in [0.3, 0.4) is 0 Å². The van der Waals surface area contributed by atoms with E-state index in [1.54, 1.807) is 66.4 Å².